The van der Waals surface area contributed by atoms with Gasteiger partial charge in [-0.2, -0.15) is 0 Å². The number of aliphatic hydroxyl groups excluding tert-OH is 1. The van der Waals surface area contributed by atoms with Gasteiger partial charge in [-0.15, -0.1) is 0 Å². The maximum absolute atomic E-state index is 12.5. The van der Waals surface area contributed by atoms with Crippen LogP contribution in [0.4, 0.5) is 5.82 Å². The molecule has 1 amide bonds. The fourth-order valence-corrected chi connectivity index (χ4v) is 3.44. The van der Waals surface area contributed by atoms with Gasteiger partial charge in [0.25, 0.3) is 5.91 Å². The second-order valence-corrected chi connectivity index (χ2v) is 6.94. The summed E-state index contributed by atoms with van der Waals surface area (Å²) in [5, 5.41) is 9.84. The van der Waals surface area contributed by atoms with Crippen molar-refractivity contribution in [2.75, 3.05) is 64.6 Å². The number of morpholine rings is 1. The van der Waals surface area contributed by atoms with Crippen molar-refractivity contribution in [2.45, 2.75) is 12.8 Å². The number of aliphatic hydroxyl groups is 1. The first kappa shape index (κ1) is 18.1. The quantitative estimate of drug-likeness (QED) is 0.847. The van der Waals surface area contributed by atoms with Crippen LogP contribution in [0.3, 0.4) is 0 Å². The molecule has 25 heavy (non-hydrogen) atoms. The van der Waals surface area contributed by atoms with Crippen LogP contribution < -0.4 is 4.90 Å². The largest absolute Gasteiger partial charge is 0.396 e. The summed E-state index contributed by atoms with van der Waals surface area (Å²) in [5.74, 6) is 0.805. The molecule has 0 atom stereocenters. The number of rotatable bonds is 5. The molecule has 3 rings (SSSR count). The van der Waals surface area contributed by atoms with E-state index >= 15 is 0 Å². The molecule has 0 unspecified atom stereocenters. The third-order valence-corrected chi connectivity index (χ3v) is 5.15. The molecule has 0 radical (unpaired) electrons. The Bertz CT molecular complexity index is 566. The van der Waals surface area contributed by atoms with Crippen LogP contribution in [0, 0.1) is 5.41 Å². The highest BCUT2D eigenvalue weighted by molar-refractivity contribution is 5.94. The minimum absolute atomic E-state index is 0.00117. The summed E-state index contributed by atoms with van der Waals surface area (Å²) < 4.78 is 10.7. The SMILES string of the molecule is CN(CC1(CO)CCOCC1)c1ccc(C(=O)N2CCOCC2)cn1. The van der Waals surface area contributed by atoms with Crippen LogP contribution in [0.5, 0.6) is 0 Å². The Labute approximate surface area is 148 Å². The van der Waals surface area contributed by atoms with Gasteiger partial charge >= 0.3 is 0 Å². The lowest BCUT2D eigenvalue weighted by molar-refractivity contribution is -0.0113. The summed E-state index contributed by atoms with van der Waals surface area (Å²) in [4.78, 5) is 20.8. The number of ether oxygens (including phenoxy) is 2. The number of carbonyl (C=O) groups excluding carboxylic acids is 1. The number of hydrogen-bond donors (Lipinski definition) is 1. The van der Waals surface area contributed by atoms with Crippen LogP contribution >= 0.6 is 0 Å². The van der Waals surface area contributed by atoms with Gasteiger partial charge in [-0.05, 0) is 25.0 Å². The minimum atomic E-state index is -0.142. The van der Waals surface area contributed by atoms with Crippen LogP contribution in [-0.2, 0) is 9.47 Å². The first-order valence-corrected chi connectivity index (χ1v) is 8.86. The number of pyridine rings is 1. The fraction of sp³-hybridized carbons (Fsp3) is 0.667. The van der Waals surface area contributed by atoms with Crippen molar-refractivity contribution in [3.8, 4) is 0 Å². The van der Waals surface area contributed by atoms with E-state index in [2.05, 4.69) is 4.98 Å². The van der Waals surface area contributed by atoms with Crippen molar-refractivity contribution >= 4 is 11.7 Å². The van der Waals surface area contributed by atoms with Crippen LogP contribution in [0.25, 0.3) is 0 Å². The van der Waals surface area contributed by atoms with Crippen molar-refractivity contribution in [2.24, 2.45) is 5.41 Å². The van der Waals surface area contributed by atoms with Crippen LogP contribution in [0.1, 0.15) is 23.2 Å². The first-order chi connectivity index (χ1) is 12.1. The van der Waals surface area contributed by atoms with Crippen LogP contribution in [0.2, 0.25) is 0 Å². The van der Waals surface area contributed by atoms with Crippen molar-refractivity contribution in [1.82, 2.24) is 9.88 Å². The summed E-state index contributed by atoms with van der Waals surface area (Å²) in [7, 11) is 1.97. The van der Waals surface area contributed by atoms with E-state index < -0.39 is 0 Å². The van der Waals surface area contributed by atoms with E-state index in [1.165, 1.54) is 0 Å². The molecule has 0 aliphatic carbocycles. The molecule has 0 saturated carbocycles. The molecule has 7 nitrogen and oxygen atoms in total. The average molecular weight is 349 g/mol. The van der Waals surface area contributed by atoms with Crippen molar-refractivity contribution < 1.29 is 19.4 Å². The number of hydrogen-bond acceptors (Lipinski definition) is 6. The van der Waals surface area contributed by atoms with E-state index in [1.807, 2.05) is 24.1 Å². The van der Waals surface area contributed by atoms with Gasteiger partial charge in [0.05, 0.1) is 25.4 Å². The van der Waals surface area contributed by atoms with E-state index in [0.717, 1.165) is 25.2 Å². The van der Waals surface area contributed by atoms with Gasteiger partial charge in [0.15, 0.2) is 0 Å². The number of anilines is 1. The monoisotopic (exact) mass is 349 g/mol. The van der Waals surface area contributed by atoms with Gasteiger partial charge < -0.3 is 24.4 Å². The predicted molar refractivity (Wildman–Crippen MR) is 93.8 cm³/mol. The van der Waals surface area contributed by atoms with Gasteiger partial charge in [-0.3, -0.25) is 4.79 Å². The number of aromatic nitrogens is 1. The van der Waals surface area contributed by atoms with Crippen LogP contribution in [0.15, 0.2) is 18.3 Å². The number of carbonyl (C=O) groups is 1. The van der Waals surface area contributed by atoms with Gasteiger partial charge in [0.1, 0.15) is 5.82 Å². The highest BCUT2D eigenvalue weighted by atomic mass is 16.5. The summed E-state index contributed by atoms with van der Waals surface area (Å²) in [6.45, 7) is 4.68. The molecule has 0 bridgehead atoms. The second-order valence-electron chi connectivity index (χ2n) is 6.94. The maximum Gasteiger partial charge on any atom is 0.255 e. The number of amides is 1. The summed E-state index contributed by atoms with van der Waals surface area (Å²) in [5.41, 5.74) is 0.457. The zero-order chi connectivity index (χ0) is 17.7. The summed E-state index contributed by atoms with van der Waals surface area (Å²) in [6.07, 6.45) is 3.34. The molecule has 7 heteroatoms. The molecular formula is C18H27N3O4. The van der Waals surface area contributed by atoms with Crippen LogP contribution in [-0.4, -0.2) is 80.6 Å². The van der Waals surface area contributed by atoms with E-state index in [1.54, 1.807) is 11.1 Å². The zero-order valence-electron chi connectivity index (χ0n) is 14.8. The smallest absolute Gasteiger partial charge is 0.255 e. The first-order valence-electron chi connectivity index (χ1n) is 8.86. The fourth-order valence-electron chi connectivity index (χ4n) is 3.44. The number of nitrogens with zero attached hydrogens (tertiary/aromatic N) is 3. The molecule has 1 N–H and O–H groups in total. The predicted octanol–water partition coefficient (Wildman–Crippen LogP) is 0.779. The normalized spacial score (nSPS) is 20.3. The molecular weight excluding hydrogens is 322 g/mol. The minimum Gasteiger partial charge on any atom is -0.396 e. The average Bonchev–Trinajstić information content (AvgIpc) is 2.69. The Kier molecular flexibility index (Phi) is 5.88. The second kappa shape index (κ2) is 8.12. The Morgan fingerprint density at radius 1 is 1.24 bits per heavy atom. The lowest BCUT2D eigenvalue weighted by Crippen LogP contribution is -2.43. The molecule has 2 fully saturated rings. The summed E-state index contributed by atoms with van der Waals surface area (Å²) in [6, 6.07) is 3.70. The molecule has 2 aliphatic rings. The summed E-state index contributed by atoms with van der Waals surface area (Å²) >= 11 is 0. The highest BCUT2D eigenvalue weighted by Gasteiger charge is 2.33. The van der Waals surface area contributed by atoms with E-state index in [0.29, 0.717) is 45.1 Å². The molecule has 138 valence electrons. The van der Waals surface area contributed by atoms with E-state index in [9.17, 15) is 9.90 Å². The molecule has 0 spiro atoms. The van der Waals surface area contributed by atoms with Gasteiger partial charge in [0, 0.05) is 51.5 Å². The van der Waals surface area contributed by atoms with Gasteiger partial charge in [-0.1, -0.05) is 0 Å². The molecule has 2 saturated heterocycles. The topological polar surface area (TPSA) is 75.1 Å². The van der Waals surface area contributed by atoms with Crippen molar-refractivity contribution in [1.29, 1.82) is 0 Å². The third kappa shape index (κ3) is 4.29. The Morgan fingerprint density at radius 3 is 2.52 bits per heavy atom. The van der Waals surface area contributed by atoms with Crippen molar-refractivity contribution in [3.05, 3.63) is 23.9 Å². The Morgan fingerprint density at radius 2 is 1.92 bits per heavy atom. The van der Waals surface area contributed by atoms with E-state index in [4.69, 9.17) is 9.47 Å². The third-order valence-electron chi connectivity index (χ3n) is 5.15. The lowest BCUT2D eigenvalue weighted by Gasteiger charge is -2.38. The molecule has 2 aliphatic heterocycles. The van der Waals surface area contributed by atoms with E-state index in [-0.39, 0.29) is 17.9 Å². The van der Waals surface area contributed by atoms with Gasteiger partial charge in [-0.25, -0.2) is 4.98 Å². The molecule has 1 aromatic rings. The highest BCUT2D eigenvalue weighted by Crippen LogP contribution is 2.31. The Hall–Kier alpha value is -1.70. The molecule has 3 heterocycles. The van der Waals surface area contributed by atoms with Gasteiger partial charge in [0.2, 0.25) is 0 Å². The maximum atomic E-state index is 12.5. The van der Waals surface area contributed by atoms with Crippen molar-refractivity contribution in [3.63, 3.8) is 0 Å². The molecule has 0 aromatic carbocycles. The molecule has 1 aromatic heterocycles. The zero-order valence-corrected chi connectivity index (χ0v) is 14.8. The standard InChI is InChI=1S/C18H27N3O4/c1-20(13-18(14-22)4-8-24-9-5-18)16-3-2-15(12-19-16)17(23)21-6-10-25-11-7-21/h2-3,12,22H,4-11,13-14H2,1H3. The Balaban J connectivity index is 1.63. The lowest BCUT2D eigenvalue weighted by atomic mass is 9.80.